The number of carbonyl (C=O) groups excluding carboxylic acids is 3. The molecule has 8 rings (SSSR count). The lowest BCUT2D eigenvalue weighted by molar-refractivity contribution is -0.124. The Hall–Kier alpha value is -4.19. The molecule has 1 aliphatic heterocycles. The highest BCUT2D eigenvalue weighted by atomic mass is 16.5. The molecular weight excluding hydrogens is 452 g/mol. The molecule has 6 nitrogen and oxygen atoms in total. The molecule has 4 aliphatic carbocycles. The molecule has 5 aliphatic rings. The molecule has 2 bridgehead atoms. The highest BCUT2D eigenvalue weighted by molar-refractivity contribution is 6.23. The number of para-hydroxylation sites is 1. The summed E-state index contributed by atoms with van der Waals surface area (Å²) in [7, 11) is 0. The molecular formula is C30H24N2O4. The fourth-order valence-corrected chi connectivity index (χ4v) is 6.43. The Kier molecular flexibility index (Phi) is 4.64. The number of anilines is 2. The van der Waals surface area contributed by atoms with Crippen LogP contribution in [0.15, 0.2) is 91.0 Å². The zero-order valence-electron chi connectivity index (χ0n) is 19.4. The van der Waals surface area contributed by atoms with E-state index in [1.54, 1.807) is 48.5 Å². The lowest BCUT2D eigenvalue weighted by Crippen LogP contribution is -2.40. The van der Waals surface area contributed by atoms with Gasteiger partial charge in [-0.3, -0.25) is 14.4 Å². The molecule has 6 heteroatoms. The lowest BCUT2D eigenvalue weighted by atomic mass is 9.63. The Morgan fingerprint density at radius 2 is 1.42 bits per heavy atom. The SMILES string of the molecule is O=C(Nc1ccc(Oc2ccccc2)cc1)c1cccc(N2C(=O)[C@H]3[C@@H]4C=C[C@@H]([C@H]5C[C@H]45)[C@@H]3C2=O)c1. The van der Waals surface area contributed by atoms with Gasteiger partial charge in [0.05, 0.1) is 17.5 Å². The van der Waals surface area contributed by atoms with Crippen LogP contribution in [0.5, 0.6) is 11.5 Å². The van der Waals surface area contributed by atoms with Crippen molar-refractivity contribution in [3.63, 3.8) is 0 Å². The van der Waals surface area contributed by atoms with E-state index in [1.807, 2.05) is 30.3 Å². The molecule has 178 valence electrons. The number of nitrogens with zero attached hydrogens (tertiary/aromatic N) is 1. The van der Waals surface area contributed by atoms with E-state index in [0.717, 1.165) is 12.2 Å². The van der Waals surface area contributed by atoms with Crippen LogP contribution in [0.1, 0.15) is 16.8 Å². The fourth-order valence-electron chi connectivity index (χ4n) is 6.43. The standard InChI is InChI=1S/C30H24N2O4/c33-28(31-18-9-11-21(12-10-18)36-20-7-2-1-3-8-20)17-5-4-6-19(15-17)32-29(34)26-22-13-14-23(25-16-24(22)25)27(26)30(32)35/h1-15,22-27H,16H2,(H,31,33)/t22-,23+,24-,25-,26+,27+/m1/s1. The minimum Gasteiger partial charge on any atom is -0.457 e. The van der Waals surface area contributed by atoms with Gasteiger partial charge in [0.25, 0.3) is 5.91 Å². The Bertz CT molecular complexity index is 1380. The molecule has 1 N–H and O–H groups in total. The van der Waals surface area contributed by atoms with Crippen molar-refractivity contribution in [2.75, 3.05) is 10.2 Å². The van der Waals surface area contributed by atoms with Crippen LogP contribution in [0.2, 0.25) is 0 Å². The van der Waals surface area contributed by atoms with Crippen LogP contribution in [0.25, 0.3) is 0 Å². The Morgan fingerprint density at radius 1 is 0.778 bits per heavy atom. The van der Waals surface area contributed by atoms with Gasteiger partial charge in [-0.15, -0.1) is 0 Å². The van der Waals surface area contributed by atoms with Crippen molar-refractivity contribution in [2.45, 2.75) is 6.42 Å². The van der Waals surface area contributed by atoms with Gasteiger partial charge in [0.1, 0.15) is 11.5 Å². The number of benzene rings is 3. The first-order valence-corrected chi connectivity index (χ1v) is 12.4. The first-order chi connectivity index (χ1) is 17.6. The summed E-state index contributed by atoms with van der Waals surface area (Å²) >= 11 is 0. The average Bonchev–Trinajstić information content (AvgIpc) is 3.69. The van der Waals surface area contributed by atoms with Crippen molar-refractivity contribution in [2.24, 2.45) is 35.5 Å². The first-order valence-electron chi connectivity index (χ1n) is 12.4. The van der Waals surface area contributed by atoms with Crippen molar-refractivity contribution in [3.05, 3.63) is 96.6 Å². The van der Waals surface area contributed by atoms with Gasteiger partial charge in [-0.1, -0.05) is 36.4 Å². The minimum absolute atomic E-state index is 0.124. The van der Waals surface area contributed by atoms with Gasteiger partial charge in [0.2, 0.25) is 11.8 Å². The van der Waals surface area contributed by atoms with E-state index in [1.165, 1.54) is 4.90 Å². The van der Waals surface area contributed by atoms with Gasteiger partial charge in [0.15, 0.2) is 0 Å². The third kappa shape index (κ3) is 3.28. The van der Waals surface area contributed by atoms with Gasteiger partial charge >= 0.3 is 0 Å². The summed E-state index contributed by atoms with van der Waals surface area (Å²) in [6.45, 7) is 0. The second kappa shape index (κ2) is 7.92. The molecule has 36 heavy (non-hydrogen) atoms. The number of hydrogen-bond donors (Lipinski definition) is 1. The summed E-state index contributed by atoms with van der Waals surface area (Å²) in [6, 6.07) is 23.3. The number of allylic oxidation sites excluding steroid dienone is 2. The molecule has 3 aromatic rings. The molecule has 0 aromatic heterocycles. The molecule has 0 radical (unpaired) electrons. The monoisotopic (exact) mass is 476 g/mol. The molecule has 6 atom stereocenters. The molecule has 1 heterocycles. The summed E-state index contributed by atoms with van der Waals surface area (Å²) in [5.74, 6) is 1.77. The van der Waals surface area contributed by atoms with Gasteiger partial charge in [-0.2, -0.15) is 0 Å². The Morgan fingerprint density at radius 3 is 2.08 bits per heavy atom. The smallest absolute Gasteiger partial charge is 0.255 e. The van der Waals surface area contributed by atoms with E-state index < -0.39 is 0 Å². The molecule has 3 fully saturated rings. The van der Waals surface area contributed by atoms with Crippen LogP contribution in [-0.2, 0) is 9.59 Å². The molecule has 0 unspecified atom stereocenters. The van der Waals surface area contributed by atoms with Crippen LogP contribution in [0, 0.1) is 35.5 Å². The summed E-state index contributed by atoms with van der Waals surface area (Å²) in [4.78, 5) is 41.1. The summed E-state index contributed by atoms with van der Waals surface area (Å²) in [6.07, 6.45) is 5.45. The fraction of sp³-hybridized carbons (Fsp3) is 0.233. The van der Waals surface area contributed by atoms with Crippen LogP contribution in [-0.4, -0.2) is 17.7 Å². The maximum atomic E-state index is 13.4. The Balaban J connectivity index is 1.07. The summed E-state index contributed by atoms with van der Waals surface area (Å²) < 4.78 is 5.80. The lowest BCUT2D eigenvalue weighted by Gasteiger charge is -2.37. The maximum absolute atomic E-state index is 13.4. The molecule has 0 spiro atoms. The molecule has 2 saturated carbocycles. The van der Waals surface area contributed by atoms with Gasteiger partial charge < -0.3 is 10.1 Å². The second-order valence-electron chi connectivity index (χ2n) is 10.1. The van der Waals surface area contributed by atoms with E-state index >= 15 is 0 Å². The largest absolute Gasteiger partial charge is 0.457 e. The summed E-state index contributed by atoms with van der Waals surface area (Å²) in [5.41, 5.74) is 1.47. The topological polar surface area (TPSA) is 75.7 Å². The Labute approximate surface area is 208 Å². The van der Waals surface area contributed by atoms with Gasteiger partial charge in [0, 0.05) is 11.3 Å². The van der Waals surface area contributed by atoms with Crippen LogP contribution in [0.4, 0.5) is 11.4 Å². The third-order valence-electron chi connectivity index (χ3n) is 8.12. The van der Waals surface area contributed by atoms with E-state index in [-0.39, 0.29) is 41.4 Å². The third-order valence-corrected chi connectivity index (χ3v) is 8.12. The van der Waals surface area contributed by atoms with E-state index in [2.05, 4.69) is 17.5 Å². The van der Waals surface area contributed by atoms with Gasteiger partial charge in [-0.25, -0.2) is 4.90 Å². The zero-order valence-corrected chi connectivity index (χ0v) is 19.4. The van der Waals surface area contributed by atoms with Gasteiger partial charge in [-0.05, 0) is 84.7 Å². The summed E-state index contributed by atoms with van der Waals surface area (Å²) in [5, 5.41) is 2.88. The van der Waals surface area contributed by atoms with Crippen LogP contribution < -0.4 is 15.0 Å². The van der Waals surface area contributed by atoms with E-state index in [4.69, 9.17) is 4.74 Å². The average molecular weight is 477 g/mol. The van der Waals surface area contributed by atoms with Crippen molar-refractivity contribution >= 4 is 29.1 Å². The zero-order chi connectivity index (χ0) is 24.4. The van der Waals surface area contributed by atoms with Crippen molar-refractivity contribution in [1.29, 1.82) is 0 Å². The molecule has 3 amide bonds. The van der Waals surface area contributed by atoms with Crippen molar-refractivity contribution < 1.29 is 19.1 Å². The molecule has 3 aromatic carbocycles. The number of amides is 3. The number of carbonyl (C=O) groups is 3. The number of imide groups is 1. The minimum atomic E-state index is -0.312. The number of hydrogen-bond acceptors (Lipinski definition) is 4. The van der Waals surface area contributed by atoms with E-state index in [0.29, 0.717) is 34.5 Å². The normalized spacial score (nSPS) is 29.1. The number of ether oxygens (including phenoxy) is 1. The van der Waals surface area contributed by atoms with Crippen molar-refractivity contribution in [1.82, 2.24) is 0 Å². The second-order valence-corrected chi connectivity index (χ2v) is 10.1. The van der Waals surface area contributed by atoms with Crippen molar-refractivity contribution in [3.8, 4) is 11.5 Å². The highest BCUT2D eigenvalue weighted by Crippen LogP contribution is 2.65. The number of rotatable bonds is 5. The highest BCUT2D eigenvalue weighted by Gasteiger charge is 2.67. The quantitative estimate of drug-likeness (QED) is 0.401. The first kappa shape index (κ1) is 21.1. The van der Waals surface area contributed by atoms with Crippen LogP contribution in [0.3, 0.4) is 0 Å². The van der Waals surface area contributed by atoms with E-state index in [9.17, 15) is 14.4 Å². The van der Waals surface area contributed by atoms with Crippen LogP contribution >= 0.6 is 0 Å². The molecule has 1 saturated heterocycles. The predicted molar refractivity (Wildman–Crippen MR) is 135 cm³/mol. The maximum Gasteiger partial charge on any atom is 0.255 e. The predicted octanol–water partition coefficient (Wildman–Crippen LogP) is 5.29. The number of nitrogens with one attached hydrogen (secondary N) is 1.